The summed E-state index contributed by atoms with van der Waals surface area (Å²) < 4.78 is 86.8. The number of methoxy groups -OCH3 is 2. The average Bonchev–Trinajstić information content (AvgIpc) is 3.93. The van der Waals surface area contributed by atoms with Gasteiger partial charge in [0.15, 0.2) is 24.2 Å². The van der Waals surface area contributed by atoms with Crippen LogP contribution in [0.5, 0.6) is 11.5 Å². The highest BCUT2D eigenvalue weighted by Gasteiger charge is 2.61. The molecule has 0 aliphatic carbocycles. The van der Waals surface area contributed by atoms with Crippen molar-refractivity contribution in [1.82, 2.24) is 0 Å². The summed E-state index contributed by atoms with van der Waals surface area (Å²) in [6.07, 6.45) is -7.14. The molecule has 0 aromatic heterocycles. The normalized spacial score (nSPS) is 27.2. The number of hydrogen-bond acceptors (Lipinski definition) is 13. The zero-order valence-corrected chi connectivity index (χ0v) is 42.3. The van der Waals surface area contributed by atoms with Crippen LogP contribution in [-0.4, -0.2) is 100 Å². The Morgan fingerprint density at radius 1 is 0.411 bits per heavy atom. The van der Waals surface area contributed by atoms with Gasteiger partial charge in [0.25, 0.3) is 0 Å². The van der Waals surface area contributed by atoms with Crippen molar-refractivity contribution < 1.29 is 61.6 Å². The van der Waals surface area contributed by atoms with E-state index in [0.29, 0.717) is 11.5 Å². The third kappa shape index (κ3) is 11.6. The predicted octanol–water partition coefficient (Wildman–Crippen LogP) is 9.91. The number of ether oxygens (including phenoxy) is 13. The Morgan fingerprint density at radius 2 is 0.849 bits per heavy atom. The van der Waals surface area contributed by atoms with E-state index < -0.39 is 78.6 Å². The third-order valence-electron chi connectivity index (χ3n) is 13.8. The lowest BCUT2D eigenvalue weighted by molar-refractivity contribution is -0.338. The van der Waals surface area contributed by atoms with Crippen LogP contribution in [0.1, 0.15) is 61.1 Å². The van der Waals surface area contributed by atoms with E-state index in [0.717, 1.165) is 33.4 Å². The van der Waals surface area contributed by atoms with E-state index in [1.807, 2.05) is 185 Å². The predicted molar refractivity (Wildman–Crippen MR) is 270 cm³/mol. The SMILES string of the molecule is COc1ccc(C(OC[C@H]2O[C@@H](OC[C@H]3O[C@@H]4OC(C)(C)O[C@@H]4[C@H]4OC(C)(C)O[C@H]43)[C@H](OCc3ccccc3)[C@@H](OCc3ccccc3)[C@@H]2OCc2ccccc2)(c2ccccc2)c2ccc(OC)cc2)cc1. The van der Waals surface area contributed by atoms with Gasteiger partial charge in [-0.2, -0.15) is 0 Å². The summed E-state index contributed by atoms with van der Waals surface area (Å²) in [5, 5.41) is 0. The molecule has 0 saturated carbocycles. The van der Waals surface area contributed by atoms with Crippen molar-refractivity contribution in [2.24, 2.45) is 0 Å². The van der Waals surface area contributed by atoms with E-state index in [-0.39, 0.29) is 33.0 Å². The van der Waals surface area contributed by atoms with Crippen LogP contribution in [0.4, 0.5) is 0 Å². The number of rotatable bonds is 20. The third-order valence-corrected chi connectivity index (χ3v) is 13.8. The lowest BCUT2D eigenvalue weighted by Crippen LogP contribution is -2.63. The number of benzene rings is 6. The van der Waals surface area contributed by atoms with Gasteiger partial charge in [-0.3, -0.25) is 0 Å². The number of hydrogen-bond donors (Lipinski definition) is 0. The first kappa shape index (κ1) is 51.0. The monoisotopic (exact) mass is 994 g/mol. The summed E-state index contributed by atoms with van der Waals surface area (Å²) in [6.45, 7) is 8.26. The molecule has 4 saturated heterocycles. The summed E-state index contributed by atoms with van der Waals surface area (Å²) in [4.78, 5) is 0. The molecular weight excluding hydrogens is 929 g/mol. The molecular formula is C60H66O13. The Hall–Kier alpha value is -5.52. The molecule has 13 nitrogen and oxygen atoms in total. The second kappa shape index (κ2) is 22.5. The first-order chi connectivity index (χ1) is 35.5. The summed E-state index contributed by atoms with van der Waals surface area (Å²) in [6, 6.07) is 56.2. The van der Waals surface area contributed by atoms with Gasteiger partial charge in [0.2, 0.25) is 0 Å². The van der Waals surface area contributed by atoms with Gasteiger partial charge >= 0.3 is 0 Å². The molecule has 0 amide bonds. The van der Waals surface area contributed by atoms with Crippen molar-refractivity contribution in [3.63, 3.8) is 0 Å². The molecule has 384 valence electrons. The van der Waals surface area contributed by atoms with E-state index in [1.54, 1.807) is 14.2 Å². The maximum atomic E-state index is 7.59. The van der Waals surface area contributed by atoms with Crippen LogP contribution in [0.2, 0.25) is 0 Å². The highest BCUT2D eigenvalue weighted by Crippen LogP contribution is 2.46. The van der Waals surface area contributed by atoms with Gasteiger partial charge in [-0.05, 0) is 85.3 Å². The summed E-state index contributed by atoms with van der Waals surface area (Å²) in [7, 11) is 3.31. The minimum absolute atomic E-state index is 0.00263. The van der Waals surface area contributed by atoms with Gasteiger partial charge in [-0.15, -0.1) is 0 Å². The van der Waals surface area contributed by atoms with Gasteiger partial charge in [-0.1, -0.05) is 146 Å². The Morgan fingerprint density at radius 3 is 1.37 bits per heavy atom. The van der Waals surface area contributed by atoms with E-state index in [1.165, 1.54) is 0 Å². The molecule has 0 bridgehead atoms. The van der Waals surface area contributed by atoms with Gasteiger partial charge in [0.1, 0.15) is 65.9 Å². The van der Waals surface area contributed by atoms with Crippen LogP contribution in [0.15, 0.2) is 170 Å². The van der Waals surface area contributed by atoms with E-state index in [2.05, 4.69) is 12.1 Å². The molecule has 13 heteroatoms. The molecule has 6 aromatic carbocycles. The van der Waals surface area contributed by atoms with Crippen molar-refractivity contribution >= 4 is 0 Å². The molecule has 10 atom stereocenters. The molecule has 6 aromatic rings. The van der Waals surface area contributed by atoms with Crippen LogP contribution in [-0.2, 0) is 77.5 Å². The molecule has 0 radical (unpaired) electrons. The standard InChI is InChI=1S/C60H66O13/c1-58(2)70-51-48(69-57-55(53(51)71-58)72-59(3,4)73-57)38-66-56-54(65-37-42-23-15-9-16-24-42)52(64-36-41-21-13-8-14-22-41)50(63-35-40-19-11-7-12-20-40)49(68-56)39-67-60(43-25-17-10-18-26-43,44-27-31-46(61-5)32-28-44)45-29-33-47(62-6)34-30-45/h7-34,48-57H,35-39H2,1-6H3/t48-,49-,50-,51+,52+,53+,54-,55-,56-,57-/m1/s1. The first-order valence-corrected chi connectivity index (χ1v) is 25.1. The maximum Gasteiger partial charge on any atom is 0.190 e. The molecule has 0 N–H and O–H groups in total. The Labute approximate surface area is 428 Å². The zero-order valence-electron chi connectivity index (χ0n) is 42.3. The van der Waals surface area contributed by atoms with E-state index in [9.17, 15) is 0 Å². The van der Waals surface area contributed by atoms with Gasteiger partial charge in [0.05, 0.1) is 47.3 Å². The maximum absolute atomic E-state index is 7.59. The van der Waals surface area contributed by atoms with Crippen LogP contribution in [0, 0.1) is 0 Å². The minimum Gasteiger partial charge on any atom is -0.497 e. The van der Waals surface area contributed by atoms with Gasteiger partial charge < -0.3 is 61.6 Å². The van der Waals surface area contributed by atoms with Crippen LogP contribution >= 0.6 is 0 Å². The fourth-order valence-corrected chi connectivity index (χ4v) is 10.3. The molecule has 0 spiro atoms. The van der Waals surface area contributed by atoms with Crippen molar-refractivity contribution in [1.29, 1.82) is 0 Å². The van der Waals surface area contributed by atoms with Gasteiger partial charge in [-0.25, -0.2) is 0 Å². The van der Waals surface area contributed by atoms with Crippen molar-refractivity contribution in [3.8, 4) is 11.5 Å². The highest BCUT2D eigenvalue weighted by atomic mass is 16.9. The summed E-state index contributed by atoms with van der Waals surface area (Å²) in [5.41, 5.74) is 4.35. The summed E-state index contributed by atoms with van der Waals surface area (Å²) >= 11 is 0. The Kier molecular flexibility index (Phi) is 15.7. The minimum atomic E-state index is -1.18. The second-order valence-electron chi connectivity index (χ2n) is 19.7. The second-order valence-corrected chi connectivity index (χ2v) is 19.7. The van der Waals surface area contributed by atoms with Gasteiger partial charge in [0, 0.05) is 0 Å². The molecule has 10 rings (SSSR count). The average molecular weight is 995 g/mol. The Bertz CT molecular complexity index is 2590. The quantitative estimate of drug-likeness (QED) is 0.0676. The van der Waals surface area contributed by atoms with Crippen molar-refractivity contribution in [3.05, 3.63) is 203 Å². The zero-order chi connectivity index (χ0) is 50.4. The molecule has 0 unspecified atom stereocenters. The van der Waals surface area contributed by atoms with E-state index >= 15 is 0 Å². The molecule has 4 heterocycles. The largest absolute Gasteiger partial charge is 0.497 e. The Balaban J connectivity index is 1.06. The fourth-order valence-electron chi connectivity index (χ4n) is 10.3. The molecule has 73 heavy (non-hydrogen) atoms. The fraction of sp³-hybridized carbons (Fsp3) is 0.400. The smallest absolute Gasteiger partial charge is 0.190 e. The van der Waals surface area contributed by atoms with E-state index in [4.69, 9.17) is 61.6 Å². The van der Waals surface area contributed by atoms with Crippen LogP contribution in [0.3, 0.4) is 0 Å². The molecule has 4 aliphatic rings. The summed E-state index contributed by atoms with van der Waals surface area (Å²) in [5.74, 6) is -0.385. The topological polar surface area (TPSA) is 120 Å². The van der Waals surface area contributed by atoms with Crippen molar-refractivity contribution in [2.45, 2.75) is 126 Å². The lowest BCUT2D eigenvalue weighted by Gasteiger charge is -2.47. The van der Waals surface area contributed by atoms with Crippen molar-refractivity contribution in [2.75, 3.05) is 27.4 Å². The first-order valence-electron chi connectivity index (χ1n) is 25.1. The molecule has 4 aliphatic heterocycles. The number of fused-ring (bicyclic) bond motifs is 3. The highest BCUT2D eigenvalue weighted by molar-refractivity contribution is 5.50. The van der Waals surface area contributed by atoms with Crippen LogP contribution in [0.25, 0.3) is 0 Å². The molecule has 4 fully saturated rings. The lowest BCUT2D eigenvalue weighted by atomic mass is 9.80. The van der Waals surface area contributed by atoms with Crippen LogP contribution < -0.4 is 9.47 Å².